The minimum Gasteiger partial charge on any atom is -0.383 e. The van der Waals surface area contributed by atoms with Crippen LogP contribution < -0.4 is 5.32 Å². The van der Waals surface area contributed by atoms with E-state index in [-0.39, 0.29) is 0 Å². The lowest BCUT2D eigenvalue weighted by Gasteiger charge is -2.44. The van der Waals surface area contributed by atoms with Crippen LogP contribution in [0.25, 0.3) is 0 Å². The Morgan fingerprint density at radius 3 is 2.33 bits per heavy atom. The molecule has 2 heteroatoms. The average molecular weight is 298 g/mol. The SMILES string of the molecule is CCCCCC1(CNCCOC)CCC(C(C)(C)C)CC1. The number of ether oxygens (including phenoxy) is 1. The van der Waals surface area contributed by atoms with E-state index in [1.54, 1.807) is 7.11 Å². The molecule has 0 aliphatic heterocycles. The lowest BCUT2D eigenvalue weighted by Crippen LogP contribution is -2.40. The first-order valence-electron chi connectivity index (χ1n) is 9.13. The van der Waals surface area contributed by atoms with Gasteiger partial charge < -0.3 is 10.1 Å². The number of hydrogen-bond acceptors (Lipinski definition) is 2. The van der Waals surface area contributed by atoms with Crippen LogP contribution >= 0.6 is 0 Å². The monoisotopic (exact) mass is 297 g/mol. The van der Waals surface area contributed by atoms with E-state index in [0.29, 0.717) is 10.8 Å². The molecular weight excluding hydrogens is 258 g/mol. The standard InChI is InChI=1S/C19H39NO/c1-6-7-8-11-19(16-20-14-15-21-5)12-9-17(10-13-19)18(2,3)4/h17,20H,6-16H2,1-5H3. The summed E-state index contributed by atoms with van der Waals surface area (Å²) in [4.78, 5) is 0. The largest absolute Gasteiger partial charge is 0.383 e. The van der Waals surface area contributed by atoms with Gasteiger partial charge in [-0.1, -0.05) is 47.0 Å². The Labute approximate surface area is 133 Å². The molecule has 2 nitrogen and oxygen atoms in total. The Kier molecular flexibility index (Phi) is 8.26. The number of nitrogens with one attached hydrogen (secondary N) is 1. The van der Waals surface area contributed by atoms with E-state index < -0.39 is 0 Å². The second kappa shape index (κ2) is 9.15. The van der Waals surface area contributed by atoms with Gasteiger partial charge in [0.1, 0.15) is 0 Å². The Morgan fingerprint density at radius 2 is 1.81 bits per heavy atom. The Hall–Kier alpha value is -0.0800. The molecule has 126 valence electrons. The van der Waals surface area contributed by atoms with Crippen LogP contribution in [0.3, 0.4) is 0 Å². The minimum absolute atomic E-state index is 0.485. The molecule has 0 amide bonds. The molecule has 1 aliphatic rings. The third-order valence-corrected chi connectivity index (χ3v) is 5.56. The lowest BCUT2D eigenvalue weighted by molar-refractivity contribution is 0.0758. The zero-order chi connectivity index (χ0) is 15.8. The highest BCUT2D eigenvalue weighted by molar-refractivity contribution is 4.90. The number of methoxy groups -OCH3 is 1. The van der Waals surface area contributed by atoms with Crippen LogP contribution in [0.4, 0.5) is 0 Å². The Bertz CT molecular complexity index is 261. The highest BCUT2D eigenvalue weighted by atomic mass is 16.5. The van der Waals surface area contributed by atoms with Crippen molar-refractivity contribution in [3.05, 3.63) is 0 Å². The molecule has 0 saturated heterocycles. The van der Waals surface area contributed by atoms with Crippen molar-refractivity contribution in [1.82, 2.24) is 5.32 Å². The van der Waals surface area contributed by atoms with Gasteiger partial charge in [-0.15, -0.1) is 0 Å². The van der Waals surface area contributed by atoms with Gasteiger partial charge in [-0.25, -0.2) is 0 Å². The van der Waals surface area contributed by atoms with Crippen molar-refractivity contribution in [2.75, 3.05) is 26.8 Å². The van der Waals surface area contributed by atoms with Gasteiger partial charge in [-0.3, -0.25) is 0 Å². The lowest BCUT2D eigenvalue weighted by atomic mass is 9.62. The number of hydrogen-bond donors (Lipinski definition) is 1. The molecule has 1 aliphatic carbocycles. The van der Waals surface area contributed by atoms with Crippen LogP contribution in [0.1, 0.15) is 79.1 Å². The highest BCUT2D eigenvalue weighted by Gasteiger charge is 2.37. The van der Waals surface area contributed by atoms with Crippen molar-refractivity contribution in [2.24, 2.45) is 16.7 Å². The fourth-order valence-corrected chi connectivity index (χ4v) is 3.89. The van der Waals surface area contributed by atoms with Gasteiger partial charge in [-0.2, -0.15) is 0 Å². The van der Waals surface area contributed by atoms with Crippen molar-refractivity contribution in [1.29, 1.82) is 0 Å². The normalized spacial score (nSPS) is 27.0. The van der Waals surface area contributed by atoms with Crippen LogP contribution in [0.15, 0.2) is 0 Å². The predicted molar refractivity (Wildman–Crippen MR) is 92.7 cm³/mol. The molecule has 0 aromatic heterocycles. The second-order valence-corrected chi connectivity index (χ2v) is 8.27. The maximum absolute atomic E-state index is 5.16. The molecule has 1 N–H and O–H groups in total. The van der Waals surface area contributed by atoms with Crippen LogP contribution in [0, 0.1) is 16.7 Å². The maximum Gasteiger partial charge on any atom is 0.0587 e. The van der Waals surface area contributed by atoms with E-state index in [4.69, 9.17) is 4.74 Å². The zero-order valence-electron chi connectivity index (χ0n) is 15.3. The smallest absolute Gasteiger partial charge is 0.0587 e. The first kappa shape index (κ1) is 19.0. The molecule has 0 spiro atoms. The fourth-order valence-electron chi connectivity index (χ4n) is 3.89. The Balaban J connectivity index is 2.50. The first-order valence-corrected chi connectivity index (χ1v) is 9.13. The molecular formula is C19H39NO. The molecule has 1 rings (SSSR count). The first-order chi connectivity index (χ1) is 9.93. The summed E-state index contributed by atoms with van der Waals surface area (Å²) in [6.07, 6.45) is 11.2. The van der Waals surface area contributed by atoms with Crippen molar-refractivity contribution in [3.8, 4) is 0 Å². The van der Waals surface area contributed by atoms with Crippen molar-refractivity contribution in [3.63, 3.8) is 0 Å². The topological polar surface area (TPSA) is 21.3 Å². The van der Waals surface area contributed by atoms with Crippen molar-refractivity contribution >= 4 is 0 Å². The fraction of sp³-hybridized carbons (Fsp3) is 1.00. The molecule has 1 fully saturated rings. The van der Waals surface area contributed by atoms with E-state index in [1.165, 1.54) is 57.9 Å². The summed E-state index contributed by atoms with van der Waals surface area (Å²) >= 11 is 0. The summed E-state index contributed by atoms with van der Waals surface area (Å²) in [7, 11) is 1.78. The summed E-state index contributed by atoms with van der Waals surface area (Å²) in [5, 5.41) is 3.65. The molecule has 0 bridgehead atoms. The summed E-state index contributed by atoms with van der Waals surface area (Å²) in [6.45, 7) is 12.6. The van der Waals surface area contributed by atoms with Gasteiger partial charge in [0.25, 0.3) is 0 Å². The van der Waals surface area contributed by atoms with Gasteiger partial charge >= 0.3 is 0 Å². The van der Waals surface area contributed by atoms with E-state index in [0.717, 1.165) is 19.1 Å². The third kappa shape index (κ3) is 6.69. The second-order valence-electron chi connectivity index (χ2n) is 8.27. The van der Waals surface area contributed by atoms with Crippen LogP contribution in [0.2, 0.25) is 0 Å². The average Bonchev–Trinajstić information content (AvgIpc) is 2.44. The van der Waals surface area contributed by atoms with E-state index in [9.17, 15) is 0 Å². The van der Waals surface area contributed by atoms with E-state index >= 15 is 0 Å². The molecule has 0 aromatic carbocycles. The molecule has 0 aromatic rings. The molecule has 0 unspecified atom stereocenters. The molecule has 1 saturated carbocycles. The van der Waals surface area contributed by atoms with Gasteiger partial charge in [0.05, 0.1) is 6.61 Å². The van der Waals surface area contributed by atoms with Crippen LogP contribution in [-0.2, 0) is 4.74 Å². The third-order valence-electron chi connectivity index (χ3n) is 5.56. The van der Waals surface area contributed by atoms with Gasteiger partial charge in [-0.05, 0) is 48.9 Å². The molecule has 0 radical (unpaired) electrons. The van der Waals surface area contributed by atoms with Gasteiger partial charge in [0.2, 0.25) is 0 Å². The number of unbranched alkanes of at least 4 members (excludes halogenated alkanes) is 2. The maximum atomic E-state index is 5.16. The number of rotatable bonds is 9. The summed E-state index contributed by atoms with van der Waals surface area (Å²) < 4.78 is 5.16. The van der Waals surface area contributed by atoms with E-state index in [1.807, 2.05) is 0 Å². The Morgan fingerprint density at radius 1 is 1.14 bits per heavy atom. The van der Waals surface area contributed by atoms with E-state index in [2.05, 4.69) is 33.0 Å². The summed E-state index contributed by atoms with van der Waals surface area (Å²) in [5.41, 5.74) is 1.05. The van der Waals surface area contributed by atoms with Gasteiger partial charge in [0, 0.05) is 20.2 Å². The molecule has 21 heavy (non-hydrogen) atoms. The molecule has 0 atom stereocenters. The van der Waals surface area contributed by atoms with Gasteiger partial charge in [0.15, 0.2) is 0 Å². The van der Waals surface area contributed by atoms with Crippen LogP contribution in [0.5, 0.6) is 0 Å². The van der Waals surface area contributed by atoms with Crippen LogP contribution in [-0.4, -0.2) is 26.8 Å². The quantitative estimate of drug-likeness (QED) is 0.603. The predicted octanol–water partition coefficient (Wildman–Crippen LogP) is 5.03. The molecule has 0 heterocycles. The van der Waals surface area contributed by atoms with Crippen molar-refractivity contribution in [2.45, 2.75) is 79.1 Å². The highest BCUT2D eigenvalue weighted by Crippen LogP contribution is 2.47. The van der Waals surface area contributed by atoms with Crippen molar-refractivity contribution < 1.29 is 4.74 Å². The summed E-state index contributed by atoms with van der Waals surface area (Å²) in [5.74, 6) is 0.913. The summed E-state index contributed by atoms with van der Waals surface area (Å²) in [6, 6.07) is 0. The minimum atomic E-state index is 0.485. The zero-order valence-corrected chi connectivity index (χ0v) is 15.3.